The molecule has 1 saturated heterocycles. The van der Waals surface area contributed by atoms with Gasteiger partial charge in [-0.3, -0.25) is 4.79 Å². The molecule has 3 rings (SSSR count). The summed E-state index contributed by atoms with van der Waals surface area (Å²) in [5.41, 5.74) is 2.88. The average molecular weight is 382 g/mol. The first-order chi connectivity index (χ1) is 13.6. The number of benzene rings is 2. The minimum atomic E-state index is -0.586. The lowest BCUT2D eigenvalue weighted by atomic mass is 10.1. The second-order valence-corrected chi connectivity index (χ2v) is 6.91. The van der Waals surface area contributed by atoms with Gasteiger partial charge < -0.3 is 19.7 Å². The molecule has 0 bridgehead atoms. The lowest BCUT2D eigenvalue weighted by Gasteiger charge is -2.28. The van der Waals surface area contributed by atoms with Crippen LogP contribution in [0.2, 0.25) is 0 Å². The molecule has 1 amide bonds. The fourth-order valence-electron chi connectivity index (χ4n) is 3.14. The van der Waals surface area contributed by atoms with E-state index in [9.17, 15) is 9.59 Å². The number of ether oxygens (including phenoxy) is 2. The number of rotatable bonds is 7. The first-order valence-corrected chi connectivity index (χ1v) is 9.60. The van der Waals surface area contributed by atoms with E-state index < -0.39 is 5.97 Å². The van der Waals surface area contributed by atoms with Crippen LogP contribution < -0.4 is 15.0 Å². The van der Waals surface area contributed by atoms with E-state index in [0.717, 1.165) is 24.3 Å². The molecule has 0 atom stereocenters. The Balaban J connectivity index is 1.39. The maximum atomic E-state index is 12.0. The molecule has 148 valence electrons. The number of piperidine rings is 1. The first-order valence-electron chi connectivity index (χ1n) is 9.60. The second kappa shape index (κ2) is 9.78. The first kappa shape index (κ1) is 19.7. The van der Waals surface area contributed by atoms with Gasteiger partial charge in [-0.25, -0.2) is 4.79 Å². The summed E-state index contributed by atoms with van der Waals surface area (Å²) in [7, 11) is 0. The summed E-state index contributed by atoms with van der Waals surface area (Å²) in [4.78, 5) is 26.1. The highest BCUT2D eigenvalue weighted by molar-refractivity contribution is 5.93. The van der Waals surface area contributed by atoms with Crippen LogP contribution in [-0.4, -0.2) is 38.2 Å². The third-order valence-electron chi connectivity index (χ3n) is 4.58. The Kier molecular flexibility index (Phi) is 6.89. The molecule has 28 heavy (non-hydrogen) atoms. The number of anilines is 2. The standard InChI is InChI=1S/C22H26N2O4/c1-17-6-5-7-20(14-17)27-16-22(26)28-15-21(25)23-18-8-10-19(11-9-18)24-12-3-2-4-13-24/h5-11,14H,2-4,12-13,15-16H2,1H3,(H,23,25). The zero-order valence-corrected chi connectivity index (χ0v) is 16.1. The minimum absolute atomic E-state index is 0.235. The van der Waals surface area contributed by atoms with Gasteiger partial charge >= 0.3 is 5.97 Å². The van der Waals surface area contributed by atoms with Crippen molar-refractivity contribution in [2.24, 2.45) is 0 Å². The van der Waals surface area contributed by atoms with Crippen LogP contribution in [-0.2, 0) is 14.3 Å². The number of carbonyl (C=O) groups excluding carboxylic acids is 2. The van der Waals surface area contributed by atoms with E-state index >= 15 is 0 Å². The number of nitrogens with zero attached hydrogens (tertiary/aromatic N) is 1. The van der Waals surface area contributed by atoms with Gasteiger partial charge in [0.15, 0.2) is 13.2 Å². The normalized spacial score (nSPS) is 13.7. The van der Waals surface area contributed by atoms with Crippen molar-refractivity contribution in [3.05, 3.63) is 54.1 Å². The largest absolute Gasteiger partial charge is 0.482 e. The lowest BCUT2D eigenvalue weighted by molar-refractivity contribution is -0.149. The molecule has 0 unspecified atom stereocenters. The second-order valence-electron chi connectivity index (χ2n) is 6.91. The number of amides is 1. The third-order valence-corrected chi connectivity index (χ3v) is 4.58. The Bertz CT molecular complexity index is 798. The number of nitrogens with one attached hydrogen (secondary N) is 1. The van der Waals surface area contributed by atoms with E-state index in [4.69, 9.17) is 9.47 Å². The van der Waals surface area contributed by atoms with Crippen LogP contribution in [0.25, 0.3) is 0 Å². The Labute approximate surface area is 165 Å². The van der Waals surface area contributed by atoms with E-state index in [1.54, 1.807) is 6.07 Å². The molecular weight excluding hydrogens is 356 g/mol. The van der Waals surface area contributed by atoms with E-state index in [-0.39, 0.29) is 19.1 Å². The highest BCUT2D eigenvalue weighted by Gasteiger charge is 2.12. The fraction of sp³-hybridized carbons (Fsp3) is 0.364. The van der Waals surface area contributed by atoms with Crippen LogP contribution in [0.5, 0.6) is 5.75 Å². The van der Waals surface area contributed by atoms with E-state index in [2.05, 4.69) is 10.2 Å². The van der Waals surface area contributed by atoms with Crippen molar-refractivity contribution < 1.29 is 19.1 Å². The van der Waals surface area contributed by atoms with Crippen molar-refractivity contribution in [2.75, 3.05) is 36.5 Å². The molecule has 2 aromatic rings. The third kappa shape index (κ3) is 6.01. The van der Waals surface area contributed by atoms with Crippen molar-refractivity contribution in [1.29, 1.82) is 0 Å². The molecule has 0 saturated carbocycles. The van der Waals surface area contributed by atoms with Gasteiger partial charge in [0, 0.05) is 24.5 Å². The molecule has 1 N–H and O–H groups in total. The highest BCUT2D eigenvalue weighted by Crippen LogP contribution is 2.21. The van der Waals surface area contributed by atoms with Crippen LogP contribution in [0.15, 0.2) is 48.5 Å². The van der Waals surface area contributed by atoms with E-state index in [0.29, 0.717) is 11.4 Å². The summed E-state index contributed by atoms with van der Waals surface area (Å²) in [6, 6.07) is 15.1. The van der Waals surface area contributed by atoms with Crippen molar-refractivity contribution in [3.63, 3.8) is 0 Å². The van der Waals surface area contributed by atoms with Crippen LogP contribution in [0.4, 0.5) is 11.4 Å². The predicted octanol–water partition coefficient (Wildman–Crippen LogP) is 3.55. The van der Waals surface area contributed by atoms with Gasteiger partial charge in [0.2, 0.25) is 0 Å². The maximum absolute atomic E-state index is 12.0. The van der Waals surface area contributed by atoms with Gasteiger partial charge in [0.05, 0.1) is 0 Å². The van der Waals surface area contributed by atoms with Crippen LogP contribution in [0.3, 0.4) is 0 Å². The Hall–Kier alpha value is -3.02. The predicted molar refractivity (Wildman–Crippen MR) is 109 cm³/mol. The molecule has 0 aromatic heterocycles. The molecule has 1 aliphatic rings. The van der Waals surface area contributed by atoms with Gasteiger partial charge in [-0.15, -0.1) is 0 Å². The number of carbonyl (C=O) groups is 2. The molecule has 6 nitrogen and oxygen atoms in total. The molecule has 0 spiro atoms. The molecular formula is C22H26N2O4. The van der Waals surface area contributed by atoms with Crippen LogP contribution in [0.1, 0.15) is 24.8 Å². The summed E-state index contributed by atoms with van der Waals surface area (Å²) in [6.07, 6.45) is 3.73. The van der Waals surface area contributed by atoms with Crippen molar-refractivity contribution in [2.45, 2.75) is 26.2 Å². The zero-order chi connectivity index (χ0) is 19.8. The summed E-state index contributed by atoms with van der Waals surface area (Å²) in [5, 5.41) is 2.73. The monoisotopic (exact) mass is 382 g/mol. The number of aryl methyl sites for hydroxylation is 1. The molecule has 0 radical (unpaired) electrons. The molecule has 1 fully saturated rings. The van der Waals surface area contributed by atoms with Crippen molar-refractivity contribution in [1.82, 2.24) is 0 Å². The summed E-state index contributed by atoms with van der Waals surface area (Å²) >= 11 is 0. The van der Waals surface area contributed by atoms with Crippen molar-refractivity contribution in [3.8, 4) is 5.75 Å². The van der Waals surface area contributed by atoms with Gasteiger partial charge in [-0.05, 0) is 68.1 Å². The van der Waals surface area contributed by atoms with Crippen LogP contribution in [0, 0.1) is 6.92 Å². The Morgan fingerprint density at radius 2 is 1.75 bits per heavy atom. The molecule has 2 aromatic carbocycles. The number of esters is 1. The minimum Gasteiger partial charge on any atom is -0.482 e. The van der Waals surface area contributed by atoms with Crippen molar-refractivity contribution >= 4 is 23.3 Å². The Morgan fingerprint density at radius 1 is 1.00 bits per heavy atom. The maximum Gasteiger partial charge on any atom is 0.344 e. The summed E-state index contributed by atoms with van der Waals surface area (Å²) < 4.78 is 10.3. The van der Waals surface area contributed by atoms with E-state index in [1.807, 2.05) is 49.4 Å². The van der Waals surface area contributed by atoms with Gasteiger partial charge in [-0.1, -0.05) is 12.1 Å². The average Bonchev–Trinajstić information content (AvgIpc) is 2.72. The quantitative estimate of drug-likeness (QED) is 0.742. The van der Waals surface area contributed by atoms with Gasteiger partial charge in [0.25, 0.3) is 5.91 Å². The fourth-order valence-corrected chi connectivity index (χ4v) is 3.14. The van der Waals surface area contributed by atoms with E-state index in [1.165, 1.54) is 19.3 Å². The SMILES string of the molecule is Cc1cccc(OCC(=O)OCC(=O)Nc2ccc(N3CCCCC3)cc2)c1. The highest BCUT2D eigenvalue weighted by atomic mass is 16.6. The molecule has 1 aliphatic heterocycles. The topological polar surface area (TPSA) is 67.9 Å². The number of hydrogen-bond acceptors (Lipinski definition) is 5. The Morgan fingerprint density at radius 3 is 2.46 bits per heavy atom. The molecule has 6 heteroatoms. The number of hydrogen-bond donors (Lipinski definition) is 1. The summed E-state index contributed by atoms with van der Waals surface area (Å²) in [5.74, 6) is -0.373. The lowest BCUT2D eigenvalue weighted by Crippen LogP contribution is -2.29. The van der Waals surface area contributed by atoms with Gasteiger partial charge in [0.1, 0.15) is 5.75 Å². The molecule has 0 aliphatic carbocycles. The van der Waals surface area contributed by atoms with Gasteiger partial charge in [-0.2, -0.15) is 0 Å². The van der Waals surface area contributed by atoms with Crippen LogP contribution >= 0.6 is 0 Å². The smallest absolute Gasteiger partial charge is 0.344 e. The zero-order valence-electron chi connectivity index (χ0n) is 16.1. The summed E-state index contributed by atoms with van der Waals surface area (Å²) in [6.45, 7) is 3.51. The molecule has 1 heterocycles.